The lowest BCUT2D eigenvalue weighted by Crippen LogP contribution is -2.35. The van der Waals surface area contributed by atoms with Crippen molar-refractivity contribution >= 4 is 57.3 Å². The van der Waals surface area contributed by atoms with Crippen molar-refractivity contribution in [2.75, 3.05) is 16.3 Å². The lowest BCUT2D eigenvalue weighted by molar-refractivity contribution is -0.670. The summed E-state index contributed by atoms with van der Waals surface area (Å²) in [6, 6.07) is 32.1. The van der Waals surface area contributed by atoms with Gasteiger partial charge in [0.15, 0.2) is 22.6 Å². The molecule has 0 saturated carbocycles. The number of nitrogens with zero attached hydrogens (tertiary/aromatic N) is 4. The van der Waals surface area contributed by atoms with Crippen LogP contribution in [0.2, 0.25) is 0 Å². The van der Waals surface area contributed by atoms with Crippen LogP contribution in [0.15, 0.2) is 126 Å². The number of hydrogen-bond acceptors (Lipinski definition) is 4. The number of para-hydroxylation sites is 2. The van der Waals surface area contributed by atoms with E-state index in [0.29, 0.717) is 29.2 Å². The summed E-state index contributed by atoms with van der Waals surface area (Å²) in [5, 5.41) is 0.550. The van der Waals surface area contributed by atoms with Gasteiger partial charge in [0.1, 0.15) is 11.5 Å². The van der Waals surface area contributed by atoms with Gasteiger partial charge in [-0.15, -0.1) is 0 Å². The number of Topliss-reactive ketones (excluding diaryl/α,β-unsaturated/α-hetero) is 2. The smallest absolute Gasteiger partial charge is 0.287 e. The van der Waals surface area contributed by atoms with Gasteiger partial charge in [-0.1, -0.05) is 48.0 Å². The summed E-state index contributed by atoms with van der Waals surface area (Å²) >= 11 is 6.92. The Bertz CT molecular complexity index is 2040. The maximum atomic E-state index is 12.2. The highest BCUT2D eigenvalue weighted by atomic mass is 35.5. The van der Waals surface area contributed by atoms with Crippen LogP contribution in [0.3, 0.4) is 0 Å². The molecule has 4 aromatic carbocycles. The molecule has 1 aliphatic rings. The van der Waals surface area contributed by atoms with E-state index in [0.717, 1.165) is 45.4 Å². The van der Waals surface area contributed by atoms with Crippen LogP contribution in [-0.2, 0) is 6.54 Å². The first-order chi connectivity index (χ1) is 22.3. The number of aryl methyl sites for hydroxylation is 1. The normalized spacial score (nSPS) is 14.1. The molecule has 1 aromatic heterocycles. The molecule has 46 heavy (non-hydrogen) atoms. The van der Waals surface area contributed by atoms with E-state index in [1.54, 1.807) is 13.8 Å². The van der Waals surface area contributed by atoms with Gasteiger partial charge < -0.3 is 4.90 Å². The van der Waals surface area contributed by atoms with Crippen molar-refractivity contribution in [1.29, 1.82) is 0 Å². The number of carbonyl (C=O) groups is 2. The molecule has 2 heterocycles. The topological polar surface area (TPSA) is 49.4 Å². The number of rotatable bonds is 9. The number of fused-ring (bicyclic) bond motifs is 2. The minimum atomic E-state index is 0.0328. The van der Waals surface area contributed by atoms with Crippen LogP contribution in [0.4, 0.5) is 17.1 Å². The molecular weight excluding hydrogens is 592 g/mol. The summed E-state index contributed by atoms with van der Waals surface area (Å²) < 4.78 is 4.39. The fraction of sp³-hybridized carbons (Fsp3) is 0.154. The largest absolute Gasteiger partial charge is 0.326 e. The van der Waals surface area contributed by atoms with E-state index in [2.05, 4.69) is 57.0 Å². The van der Waals surface area contributed by atoms with Gasteiger partial charge in [0, 0.05) is 40.5 Å². The van der Waals surface area contributed by atoms with Crippen molar-refractivity contribution < 1.29 is 14.2 Å². The molecule has 0 aliphatic carbocycles. The van der Waals surface area contributed by atoms with Gasteiger partial charge >= 0.3 is 0 Å². The standard InChI is InChI=1S/C39H36ClN4O2/c1-5-41-36-25-29(27(3)45)17-21-34(36)43(32-13-9-7-10-14-32)38(41)23-19-31(40)20-24-39-42(6-2)37-26-30(28(4)46)18-22-35(37)44(39)33-15-11-8-12-16-33/h7-26H,5-6H2,1-4H3/q+1. The van der Waals surface area contributed by atoms with Crippen molar-refractivity contribution in [2.45, 2.75) is 34.2 Å². The minimum Gasteiger partial charge on any atom is -0.326 e. The van der Waals surface area contributed by atoms with Gasteiger partial charge in [-0.2, -0.15) is 4.57 Å². The quantitative estimate of drug-likeness (QED) is 0.0930. The predicted octanol–water partition coefficient (Wildman–Crippen LogP) is 9.00. The van der Waals surface area contributed by atoms with Crippen LogP contribution in [0.25, 0.3) is 22.8 Å². The van der Waals surface area contributed by atoms with Crippen LogP contribution in [0.5, 0.6) is 0 Å². The SMILES string of the molecule is CCN1\C(=C/C=C(Cl)/C=C/c2n(-c3ccccc3)c3ccc(C(C)=O)cc3[n+]2CC)N(c2ccccc2)c2ccc(C(C)=O)cc21. The molecule has 1 aliphatic heterocycles. The molecule has 0 amide bonds. The van der Waals surface area contributed by atoms with E-state index in [9.17, 15) is 9.59 Å². The van der Waals surface area contributed by atoms with Crippen LogP contribution in [-0.4, -0.2) is 22.7 Å². The summed E-state index contributed by atoms with van der Waals surface area (Å²) in [6.07, 6.45) is 7.86. The predicted molar refractivity (Wildman–Crippen MR) is 188 cm³/mol. The number of allylic oxidation sites excluding steroid dienone is 4. The van der Waals surface area contributed by atoms with E-state index in [-0.39, 0.29) is 11.6 Å². The maximum Gasteiger partial charge on any atom is 0.287 e. The van der Waals surface area contributed by atoms with Crippen LogP contribution < -0.4 is 14.4 Å². The van der Waals surface area contributed by atoms with Crippen molar-refractivity contribution in [2.24, 2.45) is 0 Å². The molecule has 0 unspecified atom stereocenters. The minimum absolute atomic E-state index is 0.0328. The fourth-order valence-corrected chi connectivity index (χ4v) is 6.21. The van der Waals surface area contributed by atoms with Gasteiger partial charge in [0.2, 0.25) is 0 Å². The number of carbonyl (C=O) groups excluding carboxylic acids is 2. The Morgan fingerprint density at radius 3 is 2.04 bits per heavy atom. The van der Waals surface area contributed by atoms with Crippen molar-refractivity contribution in [3.05, 3.63) is 143 Å². The van der Waals surface area contributed by atoms with Gasteiger partial charge in [-0.05, 0) is 101 Å². The first kappa shape index (κ1) is 30.8. The summed E-state index contributed by atoms with van der Waals surface area (Å²) in [5.74, 6) is 1.94. The third-order valence-electron chi connectivity index (χ3n) is 8.28. The zero-order chi connectivity index (χ0) is 32.4. The molecular formula is C39H36ClN4O2+. The molecule has 6 nitrogen and oxygen atoms in total. The van der Waals surface area contributed by atoms with Crippen molar-refractivity contribution in [1.82, 2.24) is 4.57 Å². The summed E-state index contributed by atoms with van der Waals surface area (Å²) in [6.45, 7) is 8.80. The molecule has 0 fully saturated rings. The molecule has 0 N–H and O–H groups in total. The molecule has 0 saturated heterocycles. The Balaban J connectivity index is 1.44. The van der Waals surface area contributed by atoms with E-state index in [1.807, 2.05) is 97.1 Å². The van der Waals surface area contributed by atoms with E-state index >= 15 is 0 Å². The number of ketones is 2. The molecule has 5 aromatic rings. The Hall–Kier alpha value is -5.20. The van der Waals surface area contributed by atoms with Crippen LogP contribution in [0.1, 0.15) is 54.2 Å². The molecule has 0 atom stereocenters. The lowest BCUT2D eigenvalue weighted by Gasteiger charge is -2.24. The summed E-state index contributed by atoms with van der Waals surface area (Å²) in [4.78, 5) is 28.9. The second-order valence-electron chi connectivity index (χ2n) is 11.1. The lowest BCUT2D eigenvalue weighted by atomic mass is 10.1. The second-order valence-corrected chi connectivity index (χ2v) is 11.6. The fourth-order valence-electron chi connectivity index (χ4n) is 6.08. The Kier molecular flexibility index (Phi) is 8.73. The van der Waals surface area contributed by atoms with Crippen LogP contribution >= 0.6 is 11.6 Å². The Morgan fingerprint density at radius 2 is 1.41 bits per heavy atom. The van der Waals surface area contributed by atoms with Gasteiger partial charge in [-0.25, -0.2) is 4.57 Å². The molecule has 230 valence electrons. The number of imidazole rings is 1. The third-order valence-corrected chi connectivity index (χ3v) is 8.54. The average Bonchev–Trinajstić information content (AvgIpc) is 3.57. The number of benzene rings is 4. The van der Waals surface area contributed by atoms with Gasteiger partial charge in [0.25, 0.3) is 5.82 Å². The first-order valence-corrected chi connectivity index (χ1v) is 15.9. The number of anilines is 3. The highest BCUT2D eigenvalue weighted by Gasteiger charge is 2.32. The number of halogens is 1. The number of aromatic nitrogens is 2. The average molecular weight is 628 g/mol. The molecule has 7 heteroatoms. The maximum absolute atomic E-state index is 12.2. The van der Waals surface area contributed by atoms with Crippen molar-refractivity contribution in [3.63, 3.8) is 0 Å². The van der Waals surface area contributed by atoms with Gasteiger partial charge in [-0.3, -0.25) is 14.5 Å². The summed E-state index contributed by atoms with van der Waals surface area (Å²) in [7, 11) is 0. The zero-order valence-corrected chi connectivity index (χ0v) is 27.2. The Morgan fingerprint density at radius 1 is 0.783 bits per heavy atom. The van der Waals surface area contributed by atoms with Crippen molar-refractivity contribution in [3.8, 4) is 5.69 Å². The summed E-state index contributed by atoms with van der Waals surface area (Å²) in [5.41, 5.74) is 7.35. The molecule has 6 rings (SSSR count). The molecule has 0 bridgehead atoms. The molecule has 0 spiro atoms. The third kappa shape index (κ3) is 5.68. The van der Waals surface area contributed by atoms with E-state index < -0.39 is 0 Å². The number of hydrogen-bond donors (Lipinski definition) is 0. The zero-order valence-electron chi connectivity index (χ0n) is 26.4. The molecule has 0 radical (unpaired) electrons. The second kappa shape index (κ2) is 13.0. The van der Waals surface area contributed by atoms with E-state index in [1.165, 1.54) is 0 Å². The van der Waals surface area contributed by atoms with Gasteiger partial charge in [0.05, 0.1) is 17.9 Å². The monoisotopic (exact) mass is 627 g/mol. The van der Waals surface area contributed by atoms with Crippen LogP contribution in [0, 0.1) is 0 Å². The highest BCUT2D eigenvalue weighted by molar-refractivity contribution is 6.31. The highest BCUT2D eigenvalue weighted by Crippen LogP contribution is 2.46. The Labute approximate surface area is 274 Å². The van der Waals surface area contributed by atoms with E-state index in [4.69, 9.17) is 11.6 Å². The first-order valence-electron chi connectivity index (χ1n) is 15.5.